The molecule has 118 valence electrons. The number of carbonyl (C=O) groups excluding carboxylic acids is 1. The first-order valence-electron chi connectivity index (χ1n) is 7.43. The van der Waals surface area contributed by atoms with Gasteiger partial charge in [-0.1, -0.05) is 6.92 Å². The largest absolute Gasteiger partial charge is 0.494 e. The van der Waals surface area contributed by atoms with Crippen molar-refractivity contribution in [2.24, 2.45) is 5.92 Å². The fraction of sp³-hybridized carbons (Fsp3) is 0.562. The lowest BCUT2D eigenvalue weighted by atomic mass is 10.2. The highest BCUT2D eigenvalue weighted by molar-refractivity contribution is 5.93. The van der Waals surface area contributed by atoms with E-state index in [0.717, 1.165) is 42.5 Å². The molecule has 0 heterocycles. The van der Waals surface area contributed by atoms with Crippen molar-refractivity contribution < 1.29 is 9.53 Å². The van der Waals surface area contributed by atoms with Crippen LogP contribution in [0.1, 0.15) is 31.7 Å². The van der Waals surface area contributed by atoms with Gasteiger partial charge in [0.15, 0.2) is 0 Å². The van der Waals surface area contributed by atoms with Gasteiger partial charge in [0.2, 0.25) is 5.91 Å². The molecule has 2 N–H and O–H groups in total. The van der Waals surface area contributed by atoms with E-state index in [0.29, 0.717) is 6.54 Å². The van der Waals surface area contributed by atoms with E-state index in [1.165, 1.54) is 12.8 Å². The maximum absolute atomic E-state index is 11.8. The lowest BCUT2D eigenvalue weighted by Crippen LogP contribution is -2.29. The van der Waals surface area contributed by atoms with Crippen LogP contribution in [-0.2, 0) is 4.79 Å². The lowest BCUT2D eigenvalue weighted by Gasteiger charge is -2.11. The quantitative estimate of drug-likeness (QED) is 0.775. The summed E-state index contributed by atoms with van der Waals surface area (Å²) >= 11 is 0. The third-order valence-corrected chi connectivity index (χ3v) is 3.36. The molecule has 5 heteroatoms. The molecule has 21 heavy (non-hydrogen) atoms. The summed E-state index contributed by atoms with van der Waals surface area (Å²) in [5, 5.41) is 6.12. The van der Waals surface area contributed by atoms with Gasteiger partial charge in [0, 0.05) is 5.69 Å². The Morgan fingerprint density at radius 1 is 1.38 bits per heavy atom. The molecule has 1 fully saturated rings. The summed E-state index contributed by atoms with van der Waals surface area (Å²) in [5.41, 5.74) is 1.88. The summed E-state index contributed by atoms with van der Waals surface area (Å²) in [7, 11) is 0. The number of amides is 1. The molecule has 0 aliphatic heterocycles. The van der Waals surface area contributed by atoms with Gasteiger partial charge in [0.1, 0.15) is 5.75 Å². The monoisotopic (exact) mass is 312 g/mol. The topological polar surface area (TPSA) is 50.4 Å². The van der Waals surface area contributed by atoms with Crippen molar-refractivity contribution in [1.82, 2.24) is 5.32 Å². The van der Waals surface area contributed by atoms with Gasteiger partial charge in [-0.25, -0.2) is 0 Å². The molecule has 1 aliphatic carbocycles. The zero-order chi connectivity index (χ0) is 14.4. The molecule has 1 saturated carbocycles. The number of ether oxygens (including phenoxy) is 1. The van der Waals surface area contributed by atoms with E-state index in [-0.39, 0.29) is 18.3 Å². The van der Waals surface area contributed by atoms with E-state index in [2.05, 4.69) is 17.6 Å². The number of carbonyl (C=O) groups is 1. The zero-order valence-electron chi connectivity index (χ0n) is 12.8. The number of hydrogen-bond acceptors (Lipinski definition) is 3. The number of hydrogen-bond donors (Lipinski definition) is 2. The molecule has 1 aromatic carbocycles. The van der Waals surface area contributed by atoms with Crippen LogP contribution in [0, 0.1) is 12.8 Å². The maximum atomic E-state index is 11.8. The van der Waals surface area contributed by atoms with E-state index >= 15 is 0 Å². The van der Waals surface area contributed by atoms with Crippen LogP contribution < -0.4 is 15.4 Å². The normalized spacial score (nSPS) is 13.4. The summed E-state index contributed by atoms with van der Waals surface area (Å²) < 4.78 is 5.57. The number of nitrogens with one attached hydrogen (secondary N) is 2. The summed E-state index contributed by atoms with van der Waals surface area (Å²) in [6.45, 7) is 6.11. The third kappa shape index (κ3) is 6.36. The van der Waals surface area contributed by atoms with Crippen LogP contribution in [0.2, 0.25) is 0 Å². The van der Waals surface area contributed by atoms with Gasteiger partial charge >= 0.3 is 0 Å². The van der Waals surface area contributed by atoms with Crippen LogP contribution in [0.3, 0.4) is 0 Å². The van der Waals surface area contributed by atoms with E-state index in [4.69, 9.17) is 4.74 Å². The first-order chi connectivity index (χ1) is 9.69. The van der Waals surface area contributed by atoms with Crippen LogP contribution >= 0.6 is 12.4 Å². The van der Waals surface area contributed by atoms with E-state index < -0.39 is 0 Å². The van der Waals surface area contributed by atoms with Crippen LogP contribution in [0.5, 0.6) is 5.75 Å². The molecule has 1 amide bonds. The Kier molecular flexibility index (Phi) is 7.54. The molecule has 0 bridgehead atoms. The predicted octanol–water partition coefficient (Wildman–Crippen LogP) is 3.14. The number of aryl methyl sites for hydroxylation is 1. The molecule has 0 atom stereocenters. The minimum absolute atomic E-state index is 0. The molecular weight excluding hydrogens is 288 g/mol. The lowest BCUT2D eigenvalue weighted by molar-refractivity contribution is -0.115. The second-order valence-electron chi connectivity index (χ2n) is 5.45. The zero-order valence-corrected chi connectivity index (χ0v) is 13.6. The standard InChI is InChI=1S/C16H24N2O2.ClH/c1-3-8-20-14-6-7-15(12(2)9-14)18-16(19)11-17-10-13-4-5-13;/h6-7,9,13,17H,3-5,8,10-11H2,1-2H3,(H,18,19);1H. The Balaban J connectivity index is 0.00000220. The number of anilines is 1. The Labute approximate surface area is 133 Å². The Bertz CT molecular complexity index is 462. The average molecular weight is 313 g/mol. The van der Waals surface area contributed by atoms with Crippen LogP contribution in [0.15, 0.2) is 18.2 Å². The van der Waals surface area contributed by atoms with Crippen LogP contribution in [0.4, 0.5) is 5.69 Å². The molecule has 2 rings (SSSR count). The average Bonchev–Trinajstić information content (AvgIpc) is 3.23. The Hall–Kier alpha value is -1.26. The SMILES string of the molecule is CCCOc1ccc(NC(=O)CNCC2CC2)c(C)c1.Cl. The van der Waals surface area contributed by atoms with Crippen molar-refractivity contribution in [1.29, 1.82) is 0 Å². The first-order valence-corrected chi connectivity index (χ1v) is 7.43. The van der Waals surface area contributed by atoms with Gasteiger partial charge in [-0.3, -0.25) is 4.79 Å². The molecule has 0 saturated heterocycles. The molecule has 1 aliphatic rings. The van der Waals surface area contributed by atoms with Gasteiger partial charge in [-0.2, -0.15) is 0 Å². The molecular formula is C16H25ClN2O2. The van der Waals surface area contributed by atoms with Crippen molar-refractivity contribution in [3.05, 3.63) is 23.8 Å². The molecule has 0 spiro atoms. The summed E-state index contributed by atoms with van der Waals surface area (Å²) in [5.74, 6) is 1.66. The van der Waals surface area contributed by atoms with Crippen LogP contribution in [0.25, 0.3) is 0 Å². The predicted molar refractivity (Wildman–Crippen MR) is 88.4 cm³/mol. The Morgan fingerprint density at radius 3 is 2.76 bits per heavy atom. The van der Waals surface area contributed by atoms with E-state index in [1.54, 1.807) is 0 Å². The van der Waals surface area contributed by atoms with Crippen molar-refractivity contribution in [2.45, 2.75) is 33.1 Å². The highest BCUT2D eigenvalue weighted by Gasteiger charge is 2.20. The molecule has 0 radical (unpaired) electrons. The molecule has 1 aromatic rings. The fourth-order valence-corrected chi connectivity index (χ4v) is 1.99. The highest BCUT2D eigenvalue weighted by atomic mass is 35.5. The van der Waals surface area contributed by atoms with Crippen molar-refractivity contribution >= 4 is 24.0 Å². The minimum Gasteiger partial charge on any atom is -0.494 e. The highest BCUT2D eigenvalue weighted by Crippen LogP contribution is 2.27. The first kappa shape index (κ1) is 17.8. The maximum Gasteiger partial charge on any atom is 0.238 e. The van der Waals surface area contributed by atoms with Gasteiger partial charge in [0.05, 0.1) is 13.2 Å². The summed E-state index contributed by atoms with van der Waals surface area (Å²) in [4.78, 5) is 11.8. The fourth-order valence-electron chi connectivity index (χ4n) is 1.99. The van der Waals surface area contributed by atoms with Crippen molar-refractivity contribution in [2.75, 3.05) is 25.0 Å². The number of benzene rings is 1. The second kappa shape index (κ2) is 8.90. The third-order valence-electron chi connectivity index (χ3n) is 3.36. The summed E-state index contributed by atoms with van der Waals surface area (Å²) in [6, 6.07) is 5.76. The van der Waals surface area contributed by atoms with E-state index in [9.17, 15) is 4.79 Å². The van der Waals surface area contributed by atoms with Crippen molar-refractivity contribution in [3.8, 4) is 5.75 Å². The molecule has 0 aromatic heterocycles. The van der Waals surface area contributed by atoms with Gasteiger partial charge in [-0.15, -0.1) is 12.4 Å². The van der Waals surface area contributed by atoms with Gasteiger partial charge < -0.3 is 15.4 Å². The summed E-state index contributed by atoms with van der Waals surface area (Å²) in [6.07, 6.45) is 3.59. The van der Waals surface area contributed by atoms with Crippen molar-refractivity contribution in [3.63, 3.8) is 0 Å². The van der Waals surface area contributed by atoms with E-state index in [1.807, 2.05) is 25.1 Å². The van der Waals surface area contributed by atoms with Gasteiger partial charge in [0.25, 0.3) is 0 Å². The Morgan fingerprint density at radius 2 is 2.14 bits per heavy atom. The smallest absolute Gasteiger partial charge is 0.238 e. The number of rotatable bonds is 8. The molecule has 0 unspecified atom stereocenters. The number of halogens is 1. The van der Waals surface area contributed by atoms with Crippen LogP contribution in [-0.4, -0.2) is 25.6 Å². The van der Waals surface area contributed by atoms with Gasteiger partial charge in [-0.05, 0) is 62.4 Å². The molecule has 4 nitrogen and oxygen atoms in total. The minimum atomic E-state index is 0. The second-order valence-corrected chi connectivity index (χ2v) is 5.45.